The second kappa shape index (κ2) is 14.3. The fourth-order valence-corrected chi connectivity index (χ4v) is 8.83. The van der Waals surface area contributed by atoms with Crippen LogP contribution in [-0.4, -0.2) is 6.71 Å². The Balaban J connectivity index is 1.06. The van der Waals surface area contributed by atoms with Gasteiger partial charge in [-0.25, -0.2) is 0 Å². The molecule has 0 radical (unpaired) electrons. The van der Waals surface area contributed by atoms with E-state index in [2.05, 4.69) is 211 Å². The van der Waals surface area contributed by atoms with Gasteiger partial charge in [-0.1, -0.05) is 152 Å². The van der Waals surface area contributed by atoms with E-state index in [1.54, 1.807) is 0 Å². The summed E-state index contributed by atoms with van der Waals surface area (Å²) >= 11 is 0. The van der Waals surface area contributed by atoms with Crippen LogP contribution in [0.15, 0.2) is 206 Å². The molecule has 0 fully saturated rings. The van der Waals surface area contributed by atoms with Gasteiger partial charge >= 0.3 is 0 Å². The first kappa shape index (κ1) is 34.0. The van der Waals surface area contributed by atoms with Gasteiger partial charge in [0.25, 0.3) is 6.71 Å². The highest BCUT2D eigenvalue weighted by molar-refractivity contribution is 6.98. The second-order valence-electron chi connectivity index (χ2n) is 15.1. The van der Waals surface area contributed by atoms with Gasteiger partial charge in [-0.3, -0.25) is 0 Å². The van der Waals surface area contributed by atoms with E-state index in [4.69, 9.17) is 9.47 Å². The van der Waals surface area contributed by atoms with Crippen molar-refractivity contribution in [2.45, 2.75) is 12.8 Å². The quantitative estimate of drug-likeness (QED) is 0.152. The number of allylic oxidation sites excluding steroid dienone is 4. The van der Waals surface area contributed by atoms with Crippen LogP contribution in [-0.2, 0) is 0 Å². The van der Waals surface area contributed by atoms with E-state index in [9.17, 15) is 0 Å². The number of fused-ring (bicyclic) bond motifs is 4. The minimum Gasteiger partial charge on any atom is -0.458 e. The number of anilines is 3. The summed E-state index contributed by atoms with van der Waals surface area (Å²) in [5, 5.41) is 0. The second-order valence-corrected chi connectivity index (χ2v) is 15.1. The molecule has 3 aliphatic rings. The van der Waals surface area contributed by atoms with Crippen LogP contribution in [0.25, 0.3) is 39.0 Å². The third-order valence-corrected chi connectivity index (χ3v) is 11.6. The molecule has 0 saturated heterocycles. The van der Waals surface area contributed by atoms with Crippen LogP contribution in [0.1, 0.15) is 18.4 Å². The van der Waals surface area contributed by atoms with Crippen LogP contribution in [0.3, 0.4) is 0 Å². The van der Waals surface area contributed by atoms with Crippen molar-refractivity contribution in [2.24, 2.45) is 0 Å². The van der Waals surface area contributed by atoms with Crippen molar-refractivity contribution in [1.29, 1.82) is 0 Å². The average molecular weight is 744 g/mol. The number of hydrogen-bond acceptors (Lipinski definition) is 3. The van der Waals surface area contributed by atoms with Gasteiger partial charge in [0.1, 0.15) is 23.0 Å². The molecule has 0 spiro atoms. The maximum atomic E-state index is 7.17. The minimum atomic E-state index is -0.0877. The van der Waals surface area contributed by atoms with Crippen molar-refractivity contribution < 1.29 is 9.47 Å². The predicted octanol–water partition coefficient (Wildman–Crippen LogP) is 12.6. The highest BCUT2D eigenvalue weighted by Gasteiger charge is 2.43. The number of benzene rings is 8. The normalized spacial score (nSPS) is 13.3. The Bertz CT molecular complexity index is 2830. The maximum Gasteiger partial charge on any atom is 0.260 e. The molecule has 4 heteroatoms. The lowest BCUT2D eigenvalue weighted by molar-refractivity contribution is 0.467. The Morgan fingerprint density at radius 1 is 0.414 bits per heavy atom. The molecule has 11 rings (SSSR count). The summed E-state index contributed by atoms with van der Waals surface area (Å²) < 4.78 is 14.3. The molecule has 0 unspecified atom stereocenters. The summed E-state index contributed by atoms with van der Waals surface area (Å²) in [6.45, 7) is -0.0877. The van der Waals surface area contributed by atoms with Crippen LogP contribution in [0.2, 0.25) is 0 Å². The summed E-state index contributed by atoms with van der Waals surface area (Å²) in [7, 11) is 0. The maximum absolute atomic E-state index is 7.17. The summed E-state index contributed by atoms with van der Waals surface area (Å²) in [4.78, 5) is 2.29. The highest BCUT2D eigenvalue weighted by atomic mass is 16.5. The van der Waals surface area contributed by atoms with Crippen LogP contribution in [0.5, 0.6) is 23.0 Å². The summed E-state index contributed by atoms with van der Waals surface area (Å²) in [6, 6.07) is 66.8. The molecule has 274 valence electrons. The SMILES string of the molecule is C1=CC(c2ccc3c(c2)Oc2c(-c4ccccc4)cc(-c4ccccc4)c4c2B3c2ccc(-c3ccc(N(c5ccccc5)c5ccccc5)cc3)cc2O4)=CCC1. The Morgan fingerprint density at radius 3 is 1.43 bits per heavy atom. The molecule has 1 aliphatic carbocycles. The molecular weight excluding hydrogens is 705 g/mol. The molecule has 0 amide bonds. The van der Waals surface area contributed by atoms with Crippen LogP contribution < -0.4 is 30.8 Å². The van der Waals surface area contributed by atoms with Crippen molar-refractivity contribution in [3.8, 4) is 56.4 Å². The predicted molar refractivity (Wildman–Crippen MR) is 241 cm³/mol. The Kier molecular flexibility index (Phi) is 8.40. The number of hydrogen-bond donors (Lipinski definition) is 0. The van der Waals surface area contributed by atoms with Crippen LogP contribution in [0, 0.1) is 0 Å². The number of rotatable bonds is 7. The van der Waals surface area contributed by atoms with Gasteiger partial charge in [-0.05, 0) is 112 Å². The molecule has 58 heavy (non-hydrogen) atoms. The van der Waals surface area contributed by atoms with Crippen molar-refractivity contribution in [2.75, 3.05) is 4.90 Å². The zero-order valence-corrected chi connectivity index (χ0v) is 31.9. The molecule has 8 aromatic carbocycles. The Labute approximate surface area is 339 Å². The van der Waals surface area contributed by atoms with Gasteiger partial charge in [-0.15, -0.1) is 0 Å². The average Bonchev–Trinajstić information content (AvgIpc) is 3.30. The molecule has 0 saturated carbocycles. The molecule has 0 N–H and O–H groups in total. The van der Waals surface area contributed by atoms with Gasteiger partial charge < -0.3 is 14.4 Å². The van der Waals surface area contributed by atoms with Gasteiger partial charge in [0, 0.05) is 33.7 Å². The molecule has 3 nitrogen and oxygen atoms in total. The third kappa shape index (κ3) is 5.93. The van der Waals surface area contributed by atoms with E-state index in [-0.39, 0.29) is 6.71 Å². The minimum absolute atomic E-state index is 0.0877. The summed E-state index contributed by atoms with van der Waals surface area (Å²) in [5.41, 5.74) is 15.6. The Morgan fingerprint density at radius 2 is 0.897 bits per heavy atom. The van der Waals surface area contributed by atoms with Crippen molar-refractivity contribution in [3.05, 3.63) is 212 Å². The highest BCUT2D eigenvalue weighted by Crippen LogP contribution is 2.47. The third-order valence-electron chi connectivity index (χ3n) is 11.6. The first-order chi connectivity index (χ1) is 28.8. The molecule has 8 aromatic rings. The smallest absolute Gasteiger partial charge is 0.260 e. The van der Waals surface area contributed by atoms with Crippen LogP contribution >= 0.6 is 0 Å². The lowest BCUT2D eigenvalue weighted by Crippen LogP contribution is -2.57. The lowest BCUT2D eigenvalue weighted by atomic mass is 9.34. The number of para-hydroxylation sites is 2. The molecule has 2 aliphatic heterocycles. The summed E-state index contributed by atoms with van der Waals surface area (Å²) in [6.07, 6.45) is 8.96. The lowest BCUT2D eigenvalue weighted by Gasteiger charge is -2.36. The van der Waals surface area contributed by atoms with E-state index >= 15 is 0 Å². The van der Waals surface area contributed by atoms with Gasteiger partial charge in [0.2, 0.25) is 0 Å². The van der Waals surface area contributed by atoms with E-state index in [0.717, 1.165) is 103 Å². The molecule has 2 heterocycles. The summed E-state index contributed by atoms with van der Waals surface area (Å²) in [5.74, 6) is 3.45. The molecular formula is C54H38BNO2. The molecule has 0 bridgehead atoms. The van der Waals surface area contributed by atoms with Crippen LogP contribution in [0.4, 0.5) is 17.1 Å². The number of nitrogens with zero attached hydrogens (tertiary/aromatic N) is 1. The van der Waals surface area contributed by atoms with Gasteiger partial charge in [-0.2, -0.15) is 0 Å². The van der Waals surface area contributed by atoms with E-state index in [0.29, 0.717) is 0 Å². The van der Waals surface area contributed by atoms with E-state index < -0.39 is 0 Å². The standard InChI is InChI=1S/C54H38BNO2/c1-6-16-37(17-7-1)41-28-32-48-50(34-41)57-53-46(39-18-8-2-9-19-39)36-47(40-20-10-3-11-21-40)54-52(53)55(48)49-33-29-42(35-51(49)58-54)38-26-30-45(31-27-38)56(43-22-12-4-13-23-43)44-24-14-5-15-25-44/h2-6,8-36H,1,7H2. The van der Waals surface area contributed by atoms with Gasteiger partial charge in [0.15, 0.2) is 0 Å². The monoisotopic (exact) mass is 743 g/mol. The number of ether oxygens (including phenoxy) is 2. The van der Waals surface area contributed by atoms with Crippen molar-refractivity contribution >= 4 is 45.7 Å². The fraction of sp³-hybridized carbons (Fsp3) is 0.0370. The zero-order chi connectivity index (χ0) is 38.4. The van der Waals surface area contributed by atoms with E-state index in [1.807, 2.05) is 0 Å². The van der Waals surface area contributed by atoms with Crippen molar-refractivity contribution in [1.82, 2.24) is 0 Å². The fourth-order valence-electron chi connectivity index (χ4n) is 8.83. The Hall–Kier alpha value is -7.30. The molecule has 0 aromatic heterocycles. The zero-order valence-electron chi connectivity index (χ0n) is 31.9. The first-order valence-electron chi connectivity index (χ1n) is 20.1. The van der Waals surface area contributed by atoms with Gasteiger partial charge in [0.05, 0.1) is 0 Å². The molecule has 0 atom stereocenters. The van der Waals surface area contributed by atoms with E-state index in [1.165, 1.54) is 11.1 Å². The first-order valence-corrected chi connectivity index (χ1v) is 20.1. The largest absolute Gasteiger partial charge is 0.458 e. The topological polar surface area (TPSA) is 21.7 Å². The van der Waals surface area contributed by atoms with Crippen molar-refractivity contribution in [3.63, 3.8) is 0 Å².